The van der Waals surface area contributed by atoms with Gasteiger partial charge in [0.2, 0.25) is 0 Å². The fourth-order valence-corrected chi connectivity index (χ4v) is 3.42. The standard InChI is InChI=1S/C22H27N3O/c1-18-13-19(2)15-22(14-18)26-12-11-24-7-9-25(10-8-24)17-21-5-3-20(16-23)4-6-21/h3-6,13-15H,7-12,17H2,1-2H3. The van der Waals surface area contributed by atoms with Crippen LogP contribution in [0.4, 0.5) is 0 Å². The van der Waals surface area contributed by atoms with Gasteiger partial charge in [-0.05, 0) is 54.8 Å². The van der Waals surface area contributed by atoms with Gasteiger partial charge in [-0.1, -0.05) is 18.2 Å². The molecule has 0 amide bonds. The molecule has 1 aliphatic rings. The molecule has 4 nitrogen and oxygen atoms in total. The molecule has 1 heterocycles. The lowest BCUT2D eigenvalue weighted by Crippen LogP contribution is -2.47. The molecule has 4 heteroatoms. The maximum Gasteiger partial charge on any atom is 0.119 e. The number of ether oxygens (including phenoxy) is 1. The Labute approximate surface area is 156 Å². The van der Waals surface area contributed by atoms with E-state index >= 15 is 0 Å². The van der Waals surface area contributed by atoms with Crippen LogP contribution in [0.1, 0.15) is 22.3 Å². The molecule has 0 spiro atoms. The summed E-state index contributed by atoms with van der Waals surface area (Å²) in [4.78, 5) is 4.95. The Morgan fingerprint density at radius 2 is 1.54 bits per heavy atom. The van der Waals surface area contributed by atoms with E-state index in [0.29, 0.717) is 0 Å². The molecule has 0 saturated carbocycles. The third-order valence-corrected chi connectivity index (χ3v) is 4.83. The summed E-state index contributed by atoms with van der Waals surface area (Å²) in [6, 6.07) is 16.4. The molecule has 2 aromatic rings. The second-order valence-corrected chi connectivity index (χ2v) is 7.10. The largest absolute Gasteiger partial charge is 0.492 e. The topological polar surface area (TPSA) is 39.5 Å². The lowest BCUT2D eigenvalue weighted by molar-refractivity contribution is 0.112. The summed E-state index contributed by atoms with van der Waals surface area (Å²) in [5, 5.41) is 8.87. The second-order valence-electron chi connectivity index (χ2n) is 7.10. The van der Waals surface area contributed by atoms with E-state index < -0.39 is 0 Å². The summed E-state index contributed by atoms with van der Waals surface area (Å²) in [6.45, 7) is 11.2. The maximum atomic E-state index is 8.87. The van der Waals surface area contributed by atoms with Gasteiger partial charge in [-0.2, -0.15) is 5.26 Å². The first kappa shape index (κ1) is 18.4. The van der Waals surface area contributed by atoms with Crippen molar-refractivity contribution in [2.45, 2.75) is 20.4 Å². The Morgan fingerprint density at radius 1 is 0.923 bits per heavy atom. The van der Waals surface area contributed by atoms with Crippen LogP contribution in [0.25, 0.3) is 0 Å². The molecule has 0 N–H and O–H groups in total. The SMILES string of the molecule is Cc1cc(C)cc(OCCN2CCN(Cc3ccc(C#N)cc3)CC2)c1. The van der Waals surface area contributed by atoms with E-state index in [1.165, 1.54) is 16.7 Å². The highest BCUT2D eigenvalue weighted by molar-refractivity contribution is 5.33. The molecule has 0 radical (unpaired) electrons. The van der Waals surface area contributed by atoms with Gasteiger partial charge in [0, 0.05) is 39.3 Å². The Bertz CT molecular complexity index is 736. The minimum absolute atomic E-state index is 0.724. The van der Waals surface area contributed by atoms with Gasteiger partial charge < -0.3 is 4.74 Å². The number of hydrogen-bond donors (Lipinski definition) is 0. The van der Waals surface area contributed by atoms with Crippen LogP contribution in [0.15, 0.2) is 42.5 Å². The van der Waals surface area contributed by atoms with Crippen molar-refractivity contribution in [2.75, 3.05) is 39.3 Å². The van der Waals surface area contributed by atoms with Crippen molar-refractivity contribution < 1.29 is 4.74 Å². The van der Waals surface area contributed by atoms with Crippen molar-refractivity contribution in [2.24, 2.45) is 0 Å². The van der Waals surface area contributed by atoms with Gasteiger partial charge >= 0.3 is 0 Å². The first-order valence-corrected chi connectivity index (χ1v) is 9.27. The molecule has 0 atom stereocenters. The van der Waals surface area contributed by atoms with Crippen LogP contribution in [0, 0.1) is 25.2 Å². The minimum Gasteiger partial charge on any atom is -0.492 e. The highest BCUT2D eigenvalue weighted by Gasteiger charge is 2.16. The van der Waals surface area contributed by atoms with Crippen LogP contribution in [0.3, 0.4) is 0 Å². The quantitative estimate of drug-likeness (QED) is 0.802. The van der Waals surface area contributed by atoms with Gasteiger partial charge in [-0.25, -0.2) is 0 Å². The number of aryl methyl sites for hydroxylation is 2. The smallest absolute Gasteiger partial charge is 0.119 e. The van der Waals surface area contributed by atoms with Gasteiger partial charge in [-0.3, -0.25) is 9.80 Å². The number of nitrogens with zero attached hydrogens (tertiary/aromatic N) is 3. The summed E-state index contributed by atoms with van der Waals surface area (Å²) in [6.07, 6.45) is 0. The maximum absolute atomic E-state index is 8.87. The van der Waals surface area contributed by atoms with Crippen LogP contribution in [0.5, 0.6) is 5.75 Å². The molecule has 2 aromatic carbocycles. The van der Waals surface area contributed by atoms with Crippen molar-refractivity contribution in [3.05, 3.63) is 64.7 Å². The fraction of sp³-hybridized carbons (Fsp3) is 0.409. The van der Waals surface area contributed by atoms with E-state index in [-0.39, 0.29) is 0 Å². The predicted octanol–water partition coefficient (Wildman–Crippen LogP) is 3.37. The first-order chi connectivity index (χ1) is 12.6. The molecule has 3 rings (SSSR count). The van der Waals surface area contributed by atoms with Crippen LogP contribution in [0.2, 0.25) is 0 Å². The zero-order chi connectivity index (χ0) is 18.4. The van der Waals surface area contributed by atoms with E-state index in [1.54, 1.807) is 0 Å². The molecular weight excluding hydrogens is 322 g/mol. The molecule has 136 valence electrons. The van der Waals surface area contributed by atoms with Gasteiger partial charge in [-0.15, -0.1) is 0 Å². The molecule has 1 fully saturated rings. The fourth-order valence-electron chi connectivity index (χ4n) is 3.42. The third-order valence-electron chi connectivity index (χ3n) is 4.83. The van der Waals surface area contributed by atoms with Crippen LogP contribution in [-0.2, 0) is 6.54 Å². The summed E-state index contributed by atoms with van der Waals surface area (Å²) in [5.41, 5.74) is 4.49. The molecular formula is C22H27N3O. The zero-order valence-electron chi connectivity index (χ0n) is 15.7. The lowest BCUT2D eigenvalue weighted by Gasteiger charge is -2.34. The molecule has 0 aliphatic carbocycles. The molecule has 0 unspecified atom stereocenters. The first-order valence-electron chi connectivity index (χ1n) is 9.27. The summed E-state index contributed by atoms with van der Waals surface area (Å²) < 4.78 is 5.93. The summed E-state index contributed by atoms with van der Waals surface area (Å²) >= 11 is 0. The van der Waals surface area contributed by atoms with E-state index in [9.17, 15) is 0 Å². The Kier molecular flexibility index (Phi) is 6.27. The highest BCUT2D eigenvalue weighted by atomic mass is 16.5. The molecule has 1 saturated heterocycles. The van der Waals surface area contributed by atoms with Gasteiger partial charge in [0.25, 0.3) is 0 Å². The second kappa shape index (κ2) is 8.84. The van der Waals surface area contributed by atoms with Crippen molar-refractivity contribution in [3.63, 3.8) is 0 Å². The van der Waals surface area contributed by atoms with E-state index in [4.69, 9.17) is 10.00 Å². The monoisotopic (exact) mass is 349 g/mol. The normalized spacial score (nSPS) is 15.6. The summed E-state index contributed by atoms with van der Waals surface area (Å²) in [5.74, 6) is 0.974. The summed E-state index contributed by atoms with van der Waals surface area (Å²) in [7, 11) is 0. The van der Waals surface area contributed by atoms with E-state index in [1.807, 2.05) is 12.1 Å². The number of nitriles is 1. The predicted molar refractivity (Wildman–Crippen MR) is 104 cm³/mol. The van der Waals surface area contributed by atoms with Crippen LogP contribution < -0.4 is 4.74 Å². The molecule has 1 aliphatic heterocycles. The van der Waals surface area contributed by atoms with Crippen molar-refractivity contribution in [1.29, 1.82) is 5.26 Å². The van der Waals surface area contributed by atoms with Gasteiger partial charge in [0.15, 0.2) is 0 Å². The van der Waals surface area contributed by atoms with Crippen LogP contribution in [-0.4, -0.2) is 49.1 Å². The number of hydrogen-bond acceptors (Lipinski definition) is 4. The average Bonchev–Trinajstić information content (AvgIpc) is 2.63. The zero-order valence-corrected chi connectivity index (χ0v) is 15.7. The molecule has 0 bridgehead atoms. The Balaban J connectivity index is 1.38. The van der Waals surface area contributed by atoms with Crippen molar-refractivity contribution in [3.8, 4) is 11.8 Å². The Morgan fingerprint density at radius 3 is 2.15 bits per heavy atom. The van der Waals surface area contributed by atoms with Crippen LogP contribution >= 0.6 is 0 Å². The minimum atomic E-state index is 0.724. The molecule has 26 heavy (non-hydrogen) atoms. The Hall–Kier alpha value is -2.35. The van der Waals surface area contributed by atoms with E-state index in [0.717, 1.165) is 57.2 Å². The van der Waals surface area contributed by atoms with Gasteiger partial charge in [0.05, 0.1) is 11.6 Å². The number of rotatable bonds is 6. The average molecular weight is 349 g/mol. The van der Waals surface area contributed by atoms with Crippen molar-refractivity contribution >= 4 is 0 Å². The third kappa shape index (κ3) is 5.32. The van der Waals surface area contributed by atoms with Crippen molar-refractivity contribution in [1.82, 2.24) is 9.80 Å². The number of benzene rings is 2. The lowest BCUT2D eigenvalue weighted by atomic mass is 10.1. The number of piperazine rings is 1. The van der Waals surface area contributed by atoms with Gasteiger partial charge in [0.1, 0.15) is 12.4 Å². The molecule has 0 aromatic heterocycles. The highest BCUT2D eigenvalue weighted by Crippen LogP contribution is 2.16. The van der Waals surface area contributed by atoms with E-state index in [2.05, 4.69) is 60.0 Å².